The van der Waals surface area contributed by atoms with Gasteiger partial charge in [0.05, 0.1) is 7.11 Å². The van der Waals surface area contributed by atoms with E-state index in [4.69, 9.17) is 4.74 Å². The van der Waals surface area contributed by atoms with Crippen molar-refractivity contribution in [1.82, 2.24) is 10.2 Å². The summed E-state index contributed by atoms with van der Waals surface area (Å²) in [6.45, 7) is 2.53. The summed E-state index contributed by atoms with van der Waals surface area (Å²) in [5.74, 6) is -0.987. The topological polar surface area (TPSA) is 44.8 Å². The van der Waals surface area contributed by atoms with Crippen molar-refractivity contribution in [3.63, 3.8) is 0 Å². The number of para-hydroxylation sites is 1. The van der Waals surface area contributed by atoms with Gasteiger partial charge in [0.25, 0.3) is 0 Å². The van der Waals surface area contributed by atoms with Crippen LogP contribution in [0.3, 0.4) is 0 Å². The molecule has 2 aromatic carbocycles. The Morgan fingerprint density at radius 3 is 2.50 bits per heavy atom. The molecule has 0 spiro atoms. The molecule has 0 radical (unpaired) electrons. The maximum absolute atomic E-state index is 13.4. The molecule has 1 aliphatic heterocycles. The second-order valence-electron chi connectivity index (χ2n) is 6.04. The van der Waals surface area contributed by atoms with Crippen LogP contribution in [0, 0.1) is 11.6 Å². The highest BCUT2D eigenvalue weighted by molar-refractivity contribution is 5.74. The maximum atomic E-state index is 13.4. The Labute approximate surface area is 151 Å². The van der Waals surface area contributed by atoms with Gasteiger partial charge in [0.15, 0.2) is 11.6 Å². The molecule has 3 rings (SSSR count). The van der Waals surface area contributed by atoms with Crippen LogP contribution < -0.4 is 15.0 Å². The number of urea groups is 1. The zero-order valence-electron chi connectivity index (χ0n) is 14.5. The van der Waals surface area contributed by atoms with Gasteiger partial charge in [0.1, 0.15) is 5.75 Å². The minimum atomic E-state index is -0.862. The van der Waals surface area contributed by atoms with Crippen molar-refractivity contribution in [2.45, 2.75) is 6.54 Å². The Kier molecular flexibility index (Phi) is 5.55. The van der Waals surface area contributed by atoms with E-state index >= 15 is 0 Å². The largest absolute Gasteiger partial charge is 0.496 e. The predicted molar refractivity (Wildman–Crippen MR) is 95.4 cm³/mol. The highest BCUT2D eigenvalue weighted by Crippen LogP contribution is 2.20. The lowest BCUT2D eigenvalue weighted by molar-refractivity contribution is 0.194. The summed E-state index contributed by atoms with van der Waals surface area (Å²) in [7, 11) is 1.60. The number of nitrogens with zero attached hydrogens (tertiary/aromatic N) is 2. The number of piperazine rings is 1. The summed E-state index contributed by atoms with van der Waals surface area (Å²) in [5, 5.41) is 2.89. The number of anilines is 1. The highest BCUT2D eigenvalue weighted by Gasteiger charge is 2.22. The number of carbonyl (C=O) groups excluding carboxylic acids is 1. The van der Waals surface area contributed by atoms with E-state index in [1.54, 1.807) is 18.1 Å². The van der Waals surface area contributed by atoms with Crippen LogP contribution in [-0.4, -0.2) is 44.2 Å². The number of carbonyl (C=O) groups is 1. The Hall–Kier alpha value is -2.83. The van der Waals surface area contributed by atoms with E-state index in [9.17, 15) is 13.6 Å². The number of nitrogens with one attached hydrogen (secondary N) is 1. The molecule has 1 saturated heterocycles. The summed E-state index contributed by atoms with van der Waals surface area (Å²) in [6, 6.07) is 11.2. The lowest BCUT2D eigenvalue weighted by atomic mass is 10.2. The van der Waals surface area contributed by atoms with Gasteiger partial charge in [0.2, 0.25) is 0 Å². The fourth-order valence-electron chi connectivity index (χ4n) is 2.98. The number of benzene rings is 2. The lowest BCUT2D eigenvalue weighted by Gasteiger charge is -2.36. The predicted octanol–water partition coefficient (Wildman–Crippen LogP) is 3.01. The Morgan fingerprint density at radius 1 is 1.08 bits per heavy atom. The summed E-state index contributed by atoms with van der Waals surface area (Å²) < 4.78 is 31.7. The molecule has 2 amide bonds. The first-order chi connectivity index (χ1) is 12.6. The number of rotatable bonds is 4. The third-order valence-corrected chi connectivity index (χ3v) is 4.46. The van der Waals surface area contributed by atoms with Gasteiger partial charge >= 0.3 is 6.03 Å². The Balaban J connectivity index is 1.52. The minimum Gasteiger partial charge on any atom is -0.496 e. The maximum Gasteiger partial charge on any atom is 0.317 e. The van der Waals surface area contributed by atoms with Crippen LogP contribution >= 0.6 is 0 Å². The number of halogens is 2. The number of amides is 2. The molecule has 138 valence electrons. The smallest absolute Gasteiger partial charge is 0.317 e. The third kappa shape index (κ3) is 4.04. The van der Waals surface area contributed by atoms with Gasteiger partial charge in [-0.2, -0.15) is 0 Å². The third-order valence-electron chi connectivity index (χ3n) is 4.46. The van der Waals surface area contributed by atoms with Gasteiger partial charge in [0, 0.05) is 50.0 Å². The monoisotopic (exact) mass is 361 g/mol. The molecular weight excluding hydrogens is 340 g/mol. The van der Waals surface area contributed by atoms with Gasteiger partial charge in [-0.3, -0.25) is 0 Å². The van der Waals surface area contributed by atoms with Crippen LogP contribution in [0.1, 0.15) is 5.56 Å². The van der Waals surface area contributed by atoms with Crippen molar-refractivity contribution in [2.75, 3.05) is 38.2 Å². The molecule has 5 nitrogen and oxygen atoms in total. The number of ether oxygens (including phenoxy) is 1. The van der Waals surface area contributed by atoms with E-state index in [-0.39, 0.29) is 6.03 Å². The summed E-state index contributed by atoms with van der Waals surface area (Å²) in [6.07, 6.45) is 0. The van der Waals surface area contributed by atoms with E-state index < -0.39 is 11.6 Å². The number of methoxy groups -OCH3 is 1. The molecule has 0 unspecified atom stereocenters. The van der Waals surface area contributed by atoms with Crippen molar-refractivity contribution in [2.24, 2.45) is 0 Å². The standard InChI is InChI=1S/C19H21F2N3O2/c1-26-18-5-3-2-4-14(18)13-22-19(25)24-10-8-23(9-11-24)15-6-7-16(20)17(21)12-15/h2-7,12H,8-11,13H2,1H3,(H,22,25). The average molecular weight is 361 g/mol. The Morgan fingerprint density at radius 2 is 1.81 bits per heavy atom. The van der Waals surface area contributed by atoms with Crippen LogP contribution in [0.4, 0.5) is 19.3 Å². The van der Waals surface area contributed by atoms with Crippen molar-refractivity contribution in [1.29, 1.82) is 0 Å². The minimum absolute atomic E-state index is 0.152. The van der Waals surface area contributed by atoms with Crippen molar-refractivity contribution in [3.05, 3.63) is 59.7 Å². The van der Waals surface area contributed by atoms with Gasteiger partial charge in [-0.25, -0.2) is 13.6 Å². The van der Waals surface area contributed by atoms with Crippen molar-refractivity contribution >= 4 is 11.7 Å². The van der Waals surface area contributed by atoms with Gasteiger partial charge < -0.3 is 19.9 Å². The first kappa shape index (κ1) is 18.0. The van der Waals surface area contributed by atoms with Gasteiger partial charge in [-0.1, -0.05) is 18.2 Å². The first-order valence-corrected chi connectivity index (χ1v) is 8.43. The van der Waals surface area contributed by atoms with E-state index in [1.165, 1.54) is 6.07 Å². The Bertz CT molecular complexity index is 777. The zero-order chi connectivity index (χ0) is 18.5. The molecule has 26 heavy (non-hydrogen) atoms. The fourth-order valence-corrected chi connectivity index (χ4v) is 2.98. The molecule has 2 aromatic rings. The second-order valence-corrected chi connectivity index (χ2v) is 6.04. The molecule has 7 heteroatoms. The lowest BCUT2D eigenvalue weighted by Crippen LogP contribution is -2.51. The zero-order valence-corrected chi connectivity index (χ0v) is 14.5. The highest BCUT2D eigenvalue weighted by atomic mass is 19.2. The van der Waals surface area contributed by atoms with Crippen LogP contribution in [0.15, 0.2) is 42.5 Å². The molecule has 0 saturated carbocycles. The molecule has 1 fully saturated rings. The summed E-state index contributed by atoms with van der Waals surface area (Å²) >= 11 is 0. The van der Waals surface area contributed by atoms with E-state index in [0.29, 0.717) is 38.4 Å². The molecule has 0 bridgehead atoms. The van der Waals surface area contributed by atoms with E-state index in [0.717, 1.165) is 17.4 Å². The van der Waals surface area contributed by atoms with Crippen molar-refractivity contribution in [3.8, 4) is 5.75 Å². The van der Waals surface area contributed by atoms with E-state index in [2.05, 4.69) is 5.32 Å². The molecule has 0 aliphatic carbocycles. The van der Waals surface area contributed by atoms with Crippen molar-refractivity contribution < 1.29 is 18.3 Å². The fraction of sp³-hybridized carbons (Fsp3) is 0.316. The summed E-state index contributed by atoms with van der Waals surface area (Å²) in [4.78, 5) is 16.0. The molecule has 1 heterocycles. The number of hydrogen-bond acceptors (Lipinski definition) is 3. The molecular formula is C19H21F2N3O2. The van der Waals surface area contributed by atoms with E-state index in [1.807, 2.05) is 29.2 Å². The molecule has 0 atom stereocenters. The second kappa shape index (κ2) is 8.03. The quantitative estimate of drug-likeness (QED) is 0.911. The van der Waals surface area contributed by atoms with Crippen LogP contribution in [0.2, 0.25) is 0 Å². The number of hydrogen-bond donors (Lipinski definition) is 1. The van der Waals surface area contributed by atoms with Crippen LogP contribution in [0.5, 0.6) is 5.75 Å². The molecule has 0 aromatic heterocycles. The average Bonchev–Trinajstić information content (AvgIpc) is 2.68. The van der Waals surface area contributed by atoms with Crippen LogP contribution in [-0.2, 0) is 6.54 Å². The van der Waals surface area contributed by atoms with Gasteiger partial charge in [-0.15, -0.1) is 0 Å². The SMILES string of the molecule is COc1ccccc1CNC(=O)N1CCN(c2ccc(F)c(F)c2)CC1. The van der Waals surface area contributed by atoms with Gasteiger partial charge in [-0.05, 0) is 18.2 Å². The molecule has 1 N–H and O–H groups in total. The molecule has 1 aliphatic rings. The summed E-state index contributed by atoms with van der Waals surface area (Å²) in [5.41, 5.74) is 1.53. The normalized spacial score (nSPS) is 14.3. The first-order valence-electron chi connectivity index (χ1n) is 8.43. The van der Waals surface area contributed by atoms with Crippen LogP contribution in [0.25, 0.3) is 0 Å².